The number of allylic oxidation sites excluding steroid dienone is 1. The Balaban J connectivity index is 2.85. The van der Waals surface area contributed by atoms with Gasteiger partial charge in [0.15, 0.2) is 4.73 Å². The van der Waals surface area contributed by atoms with Gasteiger partial charge in [-0.05, 0) is 29.3 Å². The van der Waals surface area contributed by atoms with E-state index in [9.17, 15) is 0 Å². The molecule has 2 N–H and O–H groups in total. The zero-order chi connectivity index (χ0) is 9.14. The summed E-state index contributed by atoms with van der Waals surface area (Å²) < 4.78 is 2.39. The third kappa shape index (κ3) is 1.85. The Morgan fingerprint density at radius 3 is 2.92 bits per heavy atom. The summed E-state index contributed by atoms with van der Waals surface area (Å²) in [5.74, 6) is 0.290. The van der Waals surface area contributed by atoms with Crippen molar-refractivity contribution in [2.24, 2.45) is 0 Å². The first-order valence-corrected chi connectivity index (χ1v) is 4.43. The van der Waals surface area contributed by atoms with Crippen molar-refractivity contribution in [1.82, 2.24) is 14.8 Å². The lowest BCUT2D eigenvalue weighted by molar-refractivity contribution is 0.486. The van der Waals surface area contributed by atoms with Gasteiger partial charge in [-0.3, -0.25) is 0 Å². The van der Waals surface area contributed by atoms with E-state index < -0.39 is 0 Å². The van der Waals surface area contributed by atoms with Crippen molar-refractivity contribution in [3.63, 3.8) is 0 Å². The molecule has 0 fully saturated rings. The summed E-state index contributed by atoms with van der Waals surface area (Å²) in [7, 11) is 0. The minimum absolute atomic E-state index is 0.238. The number of nitrogen functional groups attached to an aromatic ring is 1. The van der Waals surface area contributed by atoms with Crippen molar-refractivity contribution < 1.29 is 0 Å². The van der Waals surface area contributed by atoms with Crippen molar-refractivity contribution in [2.45, 2.75) is 19.4 Å². The standard InChI is InChI=1S/C7H11BrN4/c1-3-4-5(2)12-6(8)10-7(9)11-12/h3,5H,1,4H2,2H3,(H2,9,11). The number of anilines is 1. The normalized spacial score (nSPS) is 12.8. The highest BCUT2D eigenvalue weighted by Crippen LogP contribution is 2.17. The largest absolute Gasteiger partial charge is 0.366 e. The Bertz CT molecular complexity index is 281. The van der Waals surface area contributed by atoms with E-state index in [2.05, 4.69) is 32.6 Å². The highest BCUT2D eigenvalue weighted by atomic mass is 79.9. The van der Waals surface area contributed by atoms with Crippen LogP contribution in [0.25, 0.3) is 0 Å². The van der Waals surface area contributed by atoms with Gasteiger partial charge in [0.2, 0.25) is 5.95 Å². The van der Waals surface area contributed by atoms with Gasteiger partial charge in [0.05, 0.1) is 6.04 Å². The van der Waals surface area contributed by atoms with Crippen LogP contribution in [0.1, 0.15) is 19.4 Å². The van der Waals surface area contributed by atoms with Gasteiger partial charge in [-0.1, -0.05) is 6.08 Å². The molecule has 5 heteroatoms. The fraction of sp³-hybridized carbons (Fsp3) is 0.429. The van der Waals surface area contributed by atoms with Crippen LogP contribution >= 0.6 is 15.9 Å². The van der Waals surface area contributed by atoms with Gasteiger partial charge >= 0.3 is 0 Å². The first-order valence-electron chi connectivity index (χ1n) is 3.63. The molecule has 0 amide bonds. The maximum absolute atomic E-state index is 5.41. The molecule has 1 heterocycles. The highest BCUT2D eigenvalue weighted by Gasteiger charge is 2.09. The van der Waals surface area contributed by atoms with E-state index in [0.717, 1.165) is 6.42 Å². The van der Waals surface area contributed by atoms with E-state index in [1.165, 1.54) is 0 Å². The van der Waals surface area contributed by atoms with Crippen molar-refractivity contribution >= 4 is 21.9 Å². The topological polar surface area (TPSA) is 56.7 Å². The lowest BCUT2D eigenvalue weighted by Gasteiger charge is -2.08. The first kappa shape index (κ1) is 9.25. The first-order chi connectivity index (χ1) is 5.65. The maximum atomic E-state index is 5.41. The molecule has 0 bridgehead atoms. The molecule has 0 spiro atoms. The van der Waals surface area contributed by atoms with Crippen LogP contribution in [0.5, 0.6) is 0 Å². The average molecular weight is 231 g/mol. The van der Waals surface area contributed by atoms with E-state index in [1.807, 2.05) is 13.0 Å². The molecule has 0 radical (unpaired) electrons. The quantitative estimate of drug-likeness (QED) is 0.806. The van der Waals surface area contributed by atoms with Crippen LogP contribution in [0.15, 0.2) is 17.4 Å². The SMILES string of the molecule is C=CCC(C)n1nc(N)nc1Br. The second-order valence-corrected chi connectivity index (χ2v) is 3.27. The molecular weight excluding hydrogens is 220 g/mol. The maximum Gasteiger partial charge on any atom is 0.240 e. The molecule has 12 heavy (non-hydrogen) atoms. The number of hydrogen-bond acceptors (Lipinski definition) is 3. The molecule has 66 valence electrons. The predicted octanol–water partition coefficient (Wildman–Crippen LogP) is 1.76. The summed E-state index contributed by atoms with van der Waals surface area (Å²) in [5.41, 5.74) is 5.41. The fourth-order valence-electron chi connectivity index (χ4n) is 0.941. The monoisotopic (exact) mass is 230 g/mol. The molecule has 0 aliphatic carbocycles. The van der Waals surface area contributed by atoms with Crippen LogP contribution in [-0.4, -0.2) is 14.8 Å². The lowest BCUT2D eigenvalue weighted by atomic mass is 10.2. The van der Waals surface area contributed by atoms with Gasteiger partial charge in [-0.2, -0.15) is 4.98 Å². The highest BCUT2D eigenvalue weighted by molar-refractivity contribution is 9.10. The Hall–Kier alpha value is -0.840. The molecule has 1 aromatic rings. The molecule has 1 atom stereocenters. The Morgan fingerprint density at radius 2 is 2.50 bits per heavy atom. The van der Waals surface area contributed by atoms with Crippen molar-refractivity contribution in [3.05, 3.63) is 17.4 Å². The van der Waals surface area contributed by atoms with Crippen molar-refractivity contribution in [2.75, 3.05) is 5.73 Å². The van der Waals surface area contributed by atoms with Crippen LogP contribution < -0.4 is 5.73 Å². The predicted molar refractivity (Wildman–Crippen MR) is 51.7 cm³/mol. The summed E-state index contributed by atoms with van der Waals surface area (Å²) in [4.78, 5) is 3.93. The third-order valence-corrected chi connectivity index (χ3v) is 2.07. The minimum atomic E-state index is 0.238. The molecule has 0 aliphatic rings. The molecule has 0 aliphatic heterocycles. The summed E-state index contributed by atoms with van der Waals surface area (Å²) in [6, 6.07) is 0.238. The lowest BCUT2D eigenvalue weighted by Crippen LogP contribution is -2.06. The molecule has 0 saturated heterocycles. The van der Waals surface area contributed by atoms with Crippen molar-refractivity contribution in [3.8, 4) is 0 Å². The van der Waals surface area contributed by atoms with Crippen LogP contribution in [0, 0.1) is 0 Å². The Morgan fingerprint density at radius 1 is 1.83 bits per heavy atom. The summed E-state index contributed by atoms with van der Waals surface area (Å²) in [6.45, 7) is 5.68. The fourth-order valence-corrected chi connectivity index (χ4v) is 1.55. The van der Waals surface area contributed by atoms with Crippen LogP contribution in [0.3, 0.4) is 0 Å². The van der Waals surface area contributed by atoms with Crippen LogP contribution in [0.2, 0.25) is 0 Å². The van der Waals surface area contributed by atoms with Gasteiger partial charge in [-0.15, -0.1) is 11.7 Å². The number of hydrogen-bond donors (Lipinski definition) is 1. The molecule has 4 nitrogen and oxygen atoms in total. The van der Waals surface area contributed by atoms with Crippen LogP contribution in [-0.2, 0) is 0 Å². The van der Waals surface area contributed by atoms with Gasteiger partial charge in [0.1, 0.15) is 0 Å². The van der Waals surface area contributed by atoms with Gasteiger partial charge in [0, 0.05) is 0 Å². The second kappa shape index (κ2) is 3.71. The summed E-state index contributed by atoms with van der Waals surface area (Å²) in [6.07, 6.45) is 2.69. The van der Waals surface area contributed by atoms with E-state index >= 15 is 0 Å². The molecule has 1 rings (SSSR count). The zero-order valence-corrected chi connectivity index (χ0v) is 8.45. The van der Waals surface area contributed by atoms with E-state index in [-0.39, 0.29) is 12.0 Å². The van der Waals surface area contributed by atoms with Crippen LogP contribution in [0.4, 0.5) is 5.95 Å². The molecule has 1 aromatic heterocycles. The van der Waals surface area contributed by atoms with Crippen molar-refractivity contribution in [1.29, 1.82) is 0 Å². The summed E-state index contributed by atoms with van der Waals surface area (Å²) >= 11 is 3.26. The number of nitrogens with two attached hydrogens (primary N) is 1. The average Bonchev–Trinajstić information content (AvgIpc) is 2.30. The van der Waals surface area contributed by atoms with Gasteiger partial charge < -0.3 is 5.73 Å². The number of aromatic nitrogens is 3. The van der Waals surface area contributed by atoms with Gasteiger partial charge in [-0.25, -0.2) is 4.68 Å². The number of nitrogens with zero attached hydrogens (tertiary/aromatic N) is 3. The number of rotatable bonds is 3. The second-order valence-electron chi connectivity index (χ2n) is 2.56. The number of halogens is 1. The molecular formula is C7H11BrN4. The van der Waals surface area contributed by atoms with E-state index in [0.29, 0.717) is 4.73 Å². The molecule has 0 saturated carbocycles. The summed E-state index contributed by atoms with van der Waals surface area (Å²) in [5, 5.41) is 4.02. The Kier molecular flexibility index (Phi) is 2.86. The smallest absolute Gasteiger partial charge is 0.240 e. The minimum Gasteiger partial charge on any atom is -0.366 e. The Labute approximate surface area is 79.6 Å². The van der Waals surface area contributed by atoms with Gasteiger partial charge in [0.25, 0.3) is 0 Å². The van der Waals surface area contributed by atoms with E-state index in [4.69, 9.17) is 5.73 Å². The third-order valence-electron chi connectivity index (χ3n) is 1.53. The molecule has 1 unspecified atom stereocenters. The molecule has 0 aromatic carbocycles. The van der Waals surface area contributed by atoms with E-state index in [1.54, 1.807) is 4.68 Å². The zero-order valence-electron chi connectivity index (χ0n) is 6.87.